The number of rotatable bonds is 0. The summed E-state index contributed by atoms with van der Waals surface area (Å²) in [5, 5.41) is 2.83. The first-order chi connectivity index (χ1) is 5.89. The van der Waals surface area contributed by atoms with E-state index in [9.17, 15) is 4.39 Å². The van der Waals surface area contributed by atoms with Crippen LogP contribution in [0.15, 0.2) is 24.5 Å². The van der Waals surface area contributed by atoms with Gasteiger partial charge in [-0.05, 0) is 12.1 Å². The third-order valence-electron chi connectivity index (χ3n) is 1.38. The maximum atomic E-state index is 11.9. The van der Waals surface area contributed by atoms with Crippen LogP contribution in [0.2, 0.25) is 0 Å². The predicted molar refractivity (Wildman–Crippen MR) is 44.5 cm³/mol. The minimum Gasteiger partial charge on any atom is -0.368 e. The van der Waals surface area contributed by atoms with Gasteiger partial charge in [0.1, 0.15) is 0 Å². The minimum absolute atomic E-state index is 0.347. The van der Waals surface area contributed by atoms with Gasteiger partial charge < -0.3 is 15.0 Å². The lowest BCUT2D eigenvalue weighted by Gasteiger charge is -2.15. The topological polar surface area (TPSA) is 37.0 Å². The highest BCUT2D eigenvalue weighted by atomic mass is 19.1. The third kappa shape index (κ3) is 4.10. The van der Waals surface area contributed by atoms with Crippen molar-refractivity contribution in [1.29, 1.82) is 0 Å². The summed E-state index contributed by atoms with van der Waals surface area (Å²) in [6.07, 6.45) is 2.67. The first kappa shape index (κ1) is 9.22. The Morgan fingerprint density at radius 3 is 2.33 bits per heavy atom. The second kappa shape index (κ2) is 5.74. The lowest BCUT2D eigenvalue weighted by atomic mass is 10.5. The van der Waals surface area contributed by atoms with Crippen molar-refractivity contribution < 1.29 is 9.13 Å². The number of ether oxygens (including phenoxy) is 1. The molecule has 0 saturated carbocycles. The van der Waals surface area contributed by atoms with Crippen LogP contribution in [0.1, 0.15) is 0 Å². The van der Waals surface area contributed by atoms with Crippen LogP contribution in [-0.2, 0) is 4.74 Å². The monoisotopic (exact) mass is 172 g/mol. The first-order valence-electron chi connectivity index (χ1n) is 3.94. The quantitative estimate of drug-likeness (QED) is 0.610. The van der Waals surface area contributed by atoms with Crippen LogP contribution in [0.25, 0.3) is 0 Å². The molecule has 0 aliphatic carbocycles. The summed E-state index contributed by atoms with van der Waals surface area (Å²) in [6, 6.07) is 3.89. The van der Waals surface area contributed by atoms with Crippen LogP contribution in [0, 0.1) is 0 Å². The molecular formula is C8H13FN2O. The van der Waals surface area contributed by atoms with E-state index >= 15 is 0 Å². The number of aromatic amines is 1. The average molecular weight is 172 g/mol. The molecule has 2 rings (SSSR count). The molecule has 1 aromatic rings. The van der Waals surface area contributed by atoms with Gasteiger partial charge in [0.2, 0.25) is 6.36 Å². The van der Waals surface area contributed by atoms with E-state index in [-0.39, 0.29) is 0 Å². The molecule has 1 aliphatic rings. The molecule has 0 radical (unpaired) electrons. The number of nitrogens with one attached hydrogen (secondary N) is 2. The van der Waals surface area contributed by atoms with Crippen molar-refractivity contribution in [3.05, 3.63) is 24.5 Å². The first-order valence-corrected chi connectivity index (χ1v) is 3.94. The molecule has 1 unspecified atom stereocenters. The van der Waals surface area contributed by atoms with Crippen LogP contribution < -0.4 is 5.32 Å². The molecule has 2 heterocycles. The smallest absolute Gasteiger partial charge is 0.211 e. The van der Waals surface area contributed by atoms with E-state index in [0.29, 0.717) is 13.2 Å². The van der Waals surface area contributed by atoms with E-state index in [1.807, 2.05) is 24.5 Å². The van der Waals surface area contributed by atoms with E-state index in [0.717, 1.165) is 6.54 Å². The molecule has 1 atom stereocenters. The summed E-state index contributed by atoms with van der Waals surface area (Å²) in [7, 11) is 0. The fourth-order valence-corrected chi connectivity index (χ4v) is 0.811. The Hall–Kier alpha value is -0.870. The zero-order chi connectivity index (χ0) is 8.65. The molecule has 12 heavy (non-hydrogen) atoms. The lowest BCUT2D eigenvalue weighted by Crippen LogP contribution is -2.35. The summed E-state index contributed by atoms with van der Waals surface area (Å²) >= 11 is 0. The number of H-pyrrole nitrogens is 1. The average Bonchev–Trinajstić information content (AvgIpc) is 2.62. The molecule has 2 N–H and O–H groups in total. The molecular weight excluding hydrogens is 159 g/mol. The van der Waals surface area contributed by atoms with Crippen LogP contribution in [0.3, 0.4) is 0 Å². The molecule has 1 aliphatic heterocycles. The van der Waals surface area contributed by atoms with E-state index in [1.165, 1.54) is 0 Å². The molecule has 0 aromatic carbocycles. The van der Waals surface area contributed by atoms with Crippen molar-refractivity contribution in [2.75, 3.05) is 19.7 Å². The molecule has 0 bridgehead atoms. The Kier molecular flexibility index (Phi) is 4.41. The number of aromatic nitrogens is 1. The number of hydrogen-bond donors (Lipinski definition) is 2. The standard InChI is InChI=1S/C4H8FNO.C4H5N/c5-4-3-6-1-2-7-4;1-2-4-5-3-1/h4,6H,1-3H2;1-5H. The molecule has 3 nitrogen and oxygen atoms in total. The second-order valence-electron chi connectivity index (χ2n) is 2.37. The largest absolute Gasteiger partial charge is 0.368 e. The zero-order valence-corrected chi connectivity index (χ0v) is 6.79. The van der Waals surface area contributed by atoms with Gasteiger partial charge in [0.15, 0.2) is 0 Å². The van der Waals surface area contributed by atoms with Gasteiger partial charge in [-0.2, -0.15) is 0 Å². The Bertz CT molecular complexity index is 156. The van der Waals surface area contributed by atoms with Crippen molar-refractivity contribution >= 4 is 0 Å². The summed E-state index contributed by atoms with van der Waals surface area (Å²) < 4.78 is 16.4. The van der Waals surface area contributed by atoms with Gasteiger partial charge in [-0.15, -0.1) is 0 Å². The normalized spacial score (nSPS) is 22.6. The van der Waals surface area contributed by atoms with Gasteiger partial charge >= 0.3 is 0 Å². The van der Waals surface area contributed by atoms with E-state index < -0.39 is 6.36 Å². The van der Waals surface area contributed by atoms with Crippen molar-refractivity contribution in [3.63, 3.8) is 0 Å². The van der Waals surface area contributed by atoms with Gasteiger partial charge in [-0.3, -0.25) is 0 Å². The Balaban J connectivity index is 0.000000127. The van der Waals surface area contributed by atoms with Crippen molar-refractivity contribution in [2.24, 2.45) is 0 Å². The lowest BCUT2D eigenvalue weighted by molar-refractivity contribution is -0.0560. The minimum atomic E-state index is -1.08. The summed E-state index contributed by atoms with van der Waals surface area (Å²) in [5.41, 5.74) is 0. The third-order valence-corrected chi connectivity index (χ3v) is 1.38. The predicted octanol–water partition coefficient (Wildman–Crippen LogP) is 0.916. The van der Waals surface area contributed by atoms with Gasteiger partial charge in [0, 0.05) is 18.9 Å². The molecule has 1 aromatic heterocycles. The Labute approximate surface area is 70.9 Å². The number of alkyl halides is 1. The van der Waals surface area contributed by atoms with E-state index in [4.69, 9.17) is 0 Å². The fourth-order valence-electron chi connectivity index (χ4n) is 0.811. The Morgan fingerprint density at radius 2 is 2.08 bits per heavy atom. The van der Waals surface area contributed by atoms with Crippen LogP contribution in [0.5, 0.6) is 0 Å². The maximum Gasteiger partial charge on any atom is 0.211 e. The SMILES string of the molecule is FC1CNCCO1.c1cc[nH]c1. The molecule has 0 spiro atoms. The second-order valence-corrected chi connectivity index (χ2v) is 2.37. The maximum absolute atomic E-state index is 11.9. The van der Waals surface area contributed by atoms with E-state index in [2.05, 4.69) is 15.0 Å². The van der Waals surface area contributed by atoms with Crippen molar-refractivity contribution in [3.8, 4) is 0 Å². The Morgan fingerprint density at radius 1 is 1.33 bits per heavy atom. The van der Waals surface area contributed by atoms with Crippen LogP contribution in [0.4, 0.5) is 4.39 Å². The van der Waals surface area contributed by atoms with Gasteiger partial charge in [0.25, 0.3) is 0 Å². The van der Waals surface area contributed by atoms with Crippen LogP contribution >= 0.6 is 0 Å². The van der Waals surface area contributed by atoms with Gasteiger partial charge in [-0.25, -0.2) is 4.39 Å². The summed E-state index contributed by atoms with van der Waals surface area (Å²) in [5.74, 6) is 0. The molecule has 0 amide bonds. The van der Waals surface area contributed by atoms with Crippen molar-refractivity contribution in [2.45, 2.75) is 6.36 Å². The summed E-state index contributed by atoms with van der Waals surface area (Å²) in [6.45, 7) is 1.63. The van der Waals surface area contributed by atoms with Crippen molar-refractivity contribution in [1.82, 2.24) is 10.3 Å². The van der Waals surface area contributed by atoms with Crippen LogP contribution in [-0.4, -0.2) is 31.0 Å². The molecule has 1 fully saturated rings. The molecule has 68 valence electrons. The summed E-state index contributed by atoms with van der Waals surface area (Å²) in [4.78, 5) is 2.86. The van der Waals surface area contributed by atoms with Gasteiger partial charge in [-0.1, -0.05) is 0 Å². The highest BCUT2D eigenvalue weighted by Crippen LogP contribution is 1.94. The molecule has 4 heteroatoms. The highest BCUT2D eigenvalue weighted by Gasteiger charge is 2.08. The zero-order valence-electron chi connectivity index (χ0n) is 6.79. The van der Waals surface area contributed by atoms with E-state index in [1.54, 1.807) is 0 Å². The number of halogens is 1. The molecule has 1 saturated heterocycles. The fraction of sp³-hybridized carbons (Fsp3) is 0.500. The highest BCUT2D eigenvalue weighted by molar-refractivity contribution is 4.84. The van der Waals surface area contributed by atoms with Gasteiger partial charge in [0.05, 0.1) is 13.2 Å². The number of hydrogen-bond acceptors (Lipinski definition) is 2. The number of morpholine rings is 1.